The van der Waals surface area contributed by atoms with Crippen molar-refractivity contribution >= 4 is 5.97 Å². The molecule has 4 heteroatoms. The quantitative estimate of drug-likeness (QED) is 0.914. The summed E-state index contributed by atoms with van der Waals surface area (Å²) in [4.78, 5) is 11.0. The zero-order chi connectivity index (χ0) is 14.7. The minimum absolute atomic E-state index is 0.186. The number of carboxylic acids is 1. The van der Waals surface area contributed by atoms with E-state index in [4.69, 9.17) is 14.6 Å². The molecule has 110 valence electrons. The second-order valence-corrected chi connectivity index (χ2v) is 5.68. The van der Waals surface area contributed by atoms with E-state index in [1.165, 1.54) is 19.6 Å². The molecule has 1 aromatic carbocycles. The molecule has 1 saturated carbocycles. The van der Waals surface area contributed by atoms with Crippen molar-refractivity contribution in [1.82, 2.24) is 0 Å². The number of carboxylic acid groups (broad SMARTS) is 1. The lowest BCUT2D eigenvalue weighted by atomic mass is 9.80. The predicted molar refractivity (Wildman–Crippen MR) is 76.5 cm³/mol. The van der Waals surface area contributed by atoms with Gasteiger partial charge in [0.1, 0.15) is 0 Å². The fourth-order valence-corrected chi connectivity index (χ4v) is 2.68. The van der Waals surface area contributed by atoms with Crippen LogP contribution in [-0.4, -0.2) is 24.3 Å². The molecule has 2 rings (SSSR count). The summed E-state index contributed by atoms with van der Waals surface area (Å²) < 4.78 is 11.3. The fraction of sp³-hybridized carbons (Fsp3) is 0.562. The average molecular weight is 278 g/mol. The molecule has 1 aliphatic carbocycles. The normalized spacial score (nSPS) is 26.1. The Bertz CT molecular complexity index is 483. The van der Waals surface area contributed by atoms with Crippen molar-refractivity contribution in [2.24, 2.45) is 11.8 Å². The second kappa shape index (κ2) is 6.16. The van der Waals surface area contributed by atoms with Gasteiger partial charge in [0.05, 0.1) is 18.8 Å². The van der Waals surface area contributed by atoms with Crippen LogP contribution in [0.5, 0.6) is 11.5 Å². The first-order valence-electron chi connectivity index (χ1n) is 7.09. The molecule has 3 unspecified atom stereocenters. The first-order valence-corrected chi connectivity index (χ1v) is 7.09. The molecule has 4 nitrogen and oxygen atoms in total. The molecular formula is C16H22O4. The highest BCUT2D eigenvalue weighted by Gasteiger charge is 2.26. The summed E-state index contributed by atoms with van der Waals surface area (Å²) >= 11 is 0. The van der Waals surface area contributed by atoms with Crippen molar-refractivity contribution in [1.29, 1.82) is 0 Å². The Morgan fingerprint density at radius 2 is 1.95 bits per heavy atom. The standard InChI is InChI=1S/C16H22O4/c1-10-4-6-13(8-11(10)2)20-14-7-5-12(16(17)18)9-15(14)19-3/h5,7,9-11,13H,4,6,8H2,1-3H3,(H,17,18). The number of aromatic carboxylic acids is 1. The van der Waals surface area contributed by atoms with E-state index in [1.54, 1.807) is 12.1 Å². The zero-order valence-corrected chi connectivity index (χ0v) is 12.3. The van der Waals surface area contributed by atoms with Crippen molar-refractivity contribution in [3.8, 4) is 11.5 Å². The van der Waals surface area contributed by atoms with Crippen molar-refractivity contribution in [3.63, 3.8) is 0 Å². The summed E-state index contributed by atoms with van der Waals surface area (Å²) in [6, 6.07) is 4.74. The van der Waals surface area contributed by atoms with E-state index >= 15 is 0 Å². The molecular weight excluding hydrogens is 256 g/mol. The number of rotatable bonds is 4. The second-order valence-electron chi connectivity index (χ2n) is 5.68. The summed E-state index contributed by atoms with van der Waals surface area (Å²) in [5.74, 6) is 1.54. The lowest BCUT2D eigenvalue weighted by Crippen LogP contribution is -2.28. The first-order chi connectivity index (χ1) is 9.51. The molecule has 1 N–H and O–H groups in total. The van der Waals surface area contributed by atoms with Crippen LogP contribution in [0.25, 0.3) is 0 Å². The third-order valence-corrected chi connectivity index (χ3v) is 4.25. The van der Waals surface area contributed by atoms with Crippen molar-refractivity contribution < 1.29 is 19.4 Å². The largest absolute Gasteiger partial charge is 0.493 e. The van der Waals surface area contributed by atoms with Crippen LogP contribution in [-0.2, 0) is 0 Å². The van der Waals surface area contributed by atoms with E-state index in [2.05, 4.69) is 13.8 Å². The van der Waals surface area contributed by atoms with Crippen LogP contribution in [0, 0.1) is 11.8 Å². The zero-order valence-electron chi connectivity index (χ0n) is 12.3. The van der Waals surface area contributed by atoms with Crippen LogP contribution in [0.15, 0.2) is 18.2 Å². The number of methoxy groups -OCH3 is 1. The van der Waals surface area contributed by atoms with Gasteiger partial charge in [-0.05, 0) is 49.3 Å². The van der Waals surface area contributed by atoms with E-state index in [0.717, 1.165) is 18.8 Å². The van der Waals surface area contributed by atoms with Crippen molar-refractivity contribution in [2.75, 3.05) is 7.11 Å². The Morgan fingerprint density at radius 1 is 1.20 bits per heavy atom. The molecule has 0 aliphatic heterocycles. The van der Waals surface area contributed by atoms with Gasteiger partial charge in [-0.15, -0.1) is 0 Å². The van der Waals surface area contributed by atoms with Crippen LogP contribution in [0.2, 0.25) is 0 Å². The molecule has 0 aromatic heterocycles. The van der Waals surface area contributed by atoms with E-state index in [1.807, 2.05) is 0 Å². The molecule has 0 radical (unpaired) electrons. The van der Waals surface area contributed by atoms with Crippen LogP contribution in [0.1, 0.15) is 43.5 Å². The Balaban J connectivity index is 2.11. The summed E-state index contributed by atoms with van der Waals surface area (Å²) in [5.41, 5.74) is 0.208. The fourth-order valence-electron chi connectivity index (χ4n) is 2.68. The highest BCUT2D eigenvalue weighted by atomic mass is 16.5. The highest BCUT2D eigenvalue weighted by molar-refractivity contribution is 5.88. The van der Waals surface area contributed by atoms with E-state index < -0.39 is 5.97 Å². The van der Waals surface area contributed by atoms with Crippen LogP contribution in [0.3, 0.4) is 0 Å². The minimum Gasteiger partial charge on any atom is -0.493 e. The third kappa shape index (κ3) is 3.24. The number of ether oxygens (including phenoxy) is 2. The Hall–Kier alpha value is -1.71. The van der Waals surface area contributed by atoms with Gasteiger partial charge in [0.25, 0.3) is 0 Å². The topological polar surface area (TPSA) is 55.8 Å². The van der Waals surface area contributed by atoms with Gasteiger partial charge in [0.2, 0.25) is 0 Å². The maximum atomic E-state index is 11.0. The van der Waals surface area contributed by atoms with Gasteiger partial charge in [-0.3, -0.25) is 0 Å². The average Bonchev–Trinajstić information content (AvgIpc) is 2.43. The predicted octanol–water partition coefficient (Wildman–Crippen LogP) is 3.60. The number of benzene rings is 1. The summed E-state index contributed by atoms with van der Waals surface area (Å²) in [7, 11) is 1.53. The monoisotopic (exact) mass is 278 g/mol. The van der Waals surface area contributed by atoms with Gasteiger partial charge in [-0.1, -0.05) is 13.8 Å². The molecule has 1 aliphatic rings. The molecule has 0 heterocycles. The maximum Gasteiger partial charge on any atom is 0.335 e. The summed E-state index contributed by atoms with van der Waals surface area (Å²) in [6.45, 7) is 4.54. The molecule has 0 spiro atoms. The van der Waals surface area contributed by atoms with Gasteiger partial charge in [-0.25, -0.2) is 4.79 Å². The third-order valence-electron chi connectivity index (χ3n) is 4.25. The Kier molecular flexibility index (Phi) is 4.53. The van der Waals surface area contributed by atoms with Gasteiger partial charge in [0, 0.05) is 0 Å². The van der Waals surface area contributed by atoms with Gasteiger partial charge in [-0.2, -0.15) is 0 Å². The van der Waals surface area contributed by atoms with Crippen LogP contribution >= 0.6 is 0 Å². The number of carbonyl (C=O) groups is 1. The van der Waals surface area contributed by atoms with Crippen molar-refractivity contribution in [2.45, 2.75) is 39.2 Å². The smallest absolute Gasteiger partial charge is 0.335 e. The maximum absolute atomic E-state index is 11.0. The minimum atomic E-state index is -0.963. The lowest BCUT2D eigenvalue weighted by Gasteiger charge is -2.32. The SMILES string of the molecule is COc1cc(C(=O)O)ccc1OC1CCC(C)C(C)C1. The van der Waals surface area contributed by atoms with Crippen LogP contribution < -0.4 is 9.47 Å². The van der Waals surface area contributed by atoms with E-state index in [-0.39, 0.29) is 11.7 Å². The molecule has 1 aromatic rings. The van der Waals surface area contributed by atoms with Gasteiger partial charge < -0.3 is 14.6 Å². The van der Waals surface area contributed by atoms with E-state index in [0.29, 0.717) is 17.4 Å². The molecule has 20 heavy (non-hydrogen) atoms. The number of hydrogen-bond acceptors (Lipinski definition) is 3. The molecule has 1 fully saturated rings. The van der Waals surface area contributed by atoms with E-state index in [9.17, 15) is 4.79 Å². The number of hydrogen-bond donors (Lipinski definition) is 1. The highest BCUT2D eigenvalue weighted by Crippen LogP contribution is 2.35. The Labute approximate surface area is 119 Å². The lowest BCUT2D eigenvalue weighted by molar-refractivity contribution is 0.0696. The van der Waals surface area contributed by atoms with Gasteiger partial charge in [0.15, 0.2) is 11.5 Å². The molecule has 0 saturated heterocycles. The molecule has 3 atom stereocenters. The van der Waals surface area contributed by atoms with Crippen LogP contribution in [0.4, 0.5) is 0 Å². The summed E-state index contributed by atoms with van der Waals surface area (Å²) in [6.07, 6.45) is 3.42. The summed E-state index contributed by atoms with van der Waals surface area (Å²) in [5, 5.41) is 8.98. The Morgan fingerprint density at radius 3 is 2.55 bits per heavy atom. The molecule has 0 amide bonds. The van der Waals surface area contributed by atoms with Gasteiger partial charge >= 0.3 is 5.97 Å². The first kappa shape index (κ1) is 14.7. The molecule has 0 bridgehead atoms. The van der Waals surface area contributed by atoms with Crippen molar-refractivity contribution in [3.05, 3.63) is 23.8 Å².